The number of nitrogens with zero attached hydrogens (tertiary/aromatic N) is 2. The highest BCUT2D eigenvalue weighted by Gasteiger charge is 2.26. The highest BCUT2D eigenvalue weighted by atomic mass is 16.5. The molecule has 1 aliphatic rings. The zero-order valence-corrected chi connectivity index (χ0v) is 9.89. The van der Waals surface area contributed by atoms with Crippen LogP contribution in [0.5, 0.6) is 5.88 Å². The molecule has 2 N–H and O–H groups in total. The van der Waals surface area contributed by atoms with E-state index >= 15 is 0 Å². The fraction of sp³-hybridized carbons (Fsp3) is 0.667. The van der Waals surface area contributed by atoms with Gasteiger partial charge < -0.3 is 10.5 Å². The van der Waals surface area contributed by atoms with Crippen LogP contribution in [-0.2, 0) is 0 Å². The van der Waals surface area contributed by atoms with Crippen LogP contribution in [0.2, 0.25) is 0 Å². The van der Waals surface area contributed by atoms with Crippen LogP contribution < -0.4 is 10.5 Å². The molecule has 4 nitrogen and oxygen atoms in total. The molecule has 0 radical (unpaired) electrons. The standard InChI is InChI=1S/C12H19N3O/c1-8-3-4-10(7-9(8)2)16-12-11(13)14-5-6-15-12/h5-6,8-10H,3-4,7H2,1-2H3,(H2,13,14). The number of aromatic nitrogens is 2. The topological polar surface area (TPSA) is 61.0 Å². The van der Waals surface area contributed by atoms with Gasteiger partial charge >= 0.3 is 0 Å². The van der Waals surface area contributed by atoms with Gasteiger partial charge in [0, 0.05) is 12.4 Å². The largest absolute Gasteiger partial charge is 0.472 e. The van der Waals surface area contributed by atoms with Gasteiger partial charge in [0.15, 0.2) is 5.82 Å². The van der Waals surface area contributed by atoms with Crippen molar-refractivity contribution in [3.8, 4) is 5.88 Å². The highest BCUT2D eigenvalue weighted by Crippen LogP contribution is 2.32. The van der Waals surface area contributed by atoms with E-state index < -0.39 is 0 Å². The number of nitrogen functional groups attached to an aromatic ring is 1. The van der Waals surface area contributed by atoms with E-state index in [1.165, 1.54) is 6.42 Å². The molecule has 1 aromatic rings. The van der Waals surface area contributed by atoms with Crippen LogP contribution in [-0.4, -0.2) is 16.1 Å². The van der Waals surface area contributed by atoms with E-state index in [-0.39, 0.29) is 6.10 Å². The molecule has 88 valence electrons. The van der Waals surface area contributed by atoms with Crippen LogP contribution >= 0.6 is 0 Å². The number of hydrogen-bond acceptors (Lipinski definition) is 4. The van der Waals surface area contributed by atoms with E-state index in [0.29, 0.717) is 17.6 Å². The summed E-state index contributed by atoms with van der Waals surface area (Å²) in [5, 5.41) is 0. The van der Waals surface area contributed by atoms with Crippen molar-refractivity contribution in [2.45, 2.75) is 39.2 Å². The van der Waals surface area contributed by atoms with Gasteiger partial charge in [-0.2, -0.15) is 0 Å². The molecule has 1 aliphatic carbocycles. The third kappa shape index (κ3) is 2.43. The molecule has 16 heavy (non-hydrogen) atoms. The molecule has 1 aromatic heterocycles. The van der Waals surface area contributed by atoms with Crippen molar-refractivity contribution < 1.29 is 4.74 Å². The molecule has 0 aliphatic heterocycles. The second kappa shape index (κ2) is 4.68. The van der Waals surface area contributed by atoms with Crippen molar-refractivity contribution in [1.82, 2.24) is 9.97 Å². The Hall–Kier alpha value is -1.32. The lowest BCUT2D eigenvalue weighted by Gasteiger charge is -2.31. The van der Waals surface area contributed by atoms with E-state index in [4.69, 9.17) is 10.5 Å². The summed E-state index contributed by atoms with van der Waals surface area (Å²) >= 11 is 0. The van der Waals surface area contributed by atoms with Crippen LogP contribution in [0.3, 0.4) is 0 Å². The Bertz CT molecular complexity index is 356. The molecule has 0 saturated heterocycles. The molecule has 0 spiro atoms. The number of ether oxygens (including phenoxy) is 1. The fourth-order valence-electron chi connectivity index (χ4n) is 2.19. The normalized spacial score (nSPS) is 30.0. The maximum absolute atomic E-state index is 5.81. The monoisotopic (exact) mass is 221 g/mol. The van der Waals surface area contributed by atoms with Crippen LogP contribution in [0.1, 0.15) is 33.1 Å². The highest BCUT2D eigenvalue weighted by molar-refractivity contribution is 5.38. The first kappa shape index (κ1) is 11.2. The molecule has 3 atom stereocenters. The number of anilines is 1. The Balaban J connectivity index is 1.98. The second-order valence-electron chi connectivity index (χ2n) is 4.75. The van der Waals surface area contributed by atoms with Crippen LogP contribution in [0.15, 0.2) is 12.4 Å². The molecule has 1 heterocycles. The molecule has 2 rings (SSSR count). The Morgan fingerprint density at radius 2 is 1.94 bits per heavy atom. The fourth-order valence-corrected chi connectivity index (χ4v) is 2.19. The smallest absolute Gasteiger partial charge is 0.257 e. The minimum atomic E-state index is 0.241. The number of nitrogens with two attached hydrogens (primary N) is 1. The minimum Gasteiger partial charge on any atom is -0.472 e. The van der Waals surface area contributed by atoms with E-state index in [0.717, 1.165) is 18.8 Å². The lowest BCUT2D eigenvalue weighted by molar-refractivity contribution is 0.0968. The van der Waals surface area contributed by atoms with Crippen molar-refractivity contribution in [3.05, 3.63) is 12.4 Å². The molecular formula is C12H19N3O. The third-order valence-corrected chi connectivity index (χ3v) is 3.52. The van der Waals surface area contributed by atoms with Gasteiger partial charge in [0.05, 0.1) is 0 Å². The Kier molecular flexibility index (Phi) is 3.27. The Morgan fingerprint density at radius 3 is 2.62 bits per heavy atom. The zero-order chi connectivity index (χ0) is 11.5. The van der Waals surface area contributed by atoms with E-state index in [1.54, 1.807) is 12.4 Å². The molecule has 4 heteroatoms. The van der Waals surface area contributed by atoms with Crippen molar-refractivity contribution in [2.24, 2.45) is 11.8 Å². The van der Waals surface area contributed by atoms with Crippen molar-refractivity contribution in [3.63, 3.8) is 0 Å². The summed E-state index contributed by atoms with van der Waals surface area (Å²) in [6, 6.07) is 0. The Labute approximate surface area is 96.2 Å². The summed E-state index contributed by atoms with van der Waals surface area (Å²) in [4.78, 5) is 8.08. The van der Waals surface area contributed by atoms with Crippen molar-refractivity contribution >= 4 is 5.82 Å². The molecule has 0 bridgehead atoms. The van der Waals surface area contributed by atoms with Gasteiger partial charge in [-0.05, 0) is 31.1 Å². The summed E-state index contributed by atoms with van der Waals surface area (Å²) in [6.45, 7) is 4.58. The zero-order valence-electron chi connectivity index (χ0n) is 9.89. The predicted octanol–water partition coefficient (Wildman–Crippen LogP) is 2.26. The average molecular weight is 221 g/mol. The first-order chi connectivity index (χ1) is 7.66. The molecule has 1 saturated carbocycles. The first-order valence-corrected chi connectivity index (χ1v) is 5.90. The quantitative estimate of drug-likeness (QED) is 0.832. The second-order valence-corrected chi connectivity index (χ2v) is 4.75. The van der Waals surface area contributed by atoms with Gasteiger partial charge in [0.1, 0.15) is 6.10 Å². The van der Waals surface area contributed by atoms with Gasteiger partial charge in [-0.15, -0.1) is 0 Å². The molecule has 0 aromatic carbocycles. The Morgan fingerprint density at radius 1 is 1.19 bits per heavy atom. The van der Waals surface area contributed by atoms with E-state index in [2.05, 4.69) is 23.8 Å². The van der Waals surface area contributed by atoms with E-state index in [1.807, 2.05) is 0 Å². The van der Waals surface area contributed by atoms with Crippen LogP contribution in [0, 0.1) is 11.8 Å². The summed E-state index contributed by atoms with van der Waals surface area (Å²) in [5.41, 5.74) is 5.70. The maximum Gasteiger partial charge on any atom is 0.257 e. The lowest BCUT2D eigenvalue weighted by atomic mass is 9.80. The summed E-state index contributed by atoms with van der Waals surface area (Å²) in [6.07, 6.45) is 6.81. The summed E-state index contributed by atoms with van der Waals surface area (Å²) < 4.78 is 5.81. The SMILES string of the molecule is CC1CCC(Oc2nccnc2N)CC1C. The average Bonchev–Trinajstić information content (AvgIpc) is 2.27. The van der Waals surface area contributed by atoms with Gasteiger partial charge in [0.25, 0.3) is 5.88 Å². The first-order valence-electron chi connectivity index (χ1n) is 5.90. The van der Waals surface area contributed by atoms with Gasteiger partial charge in [-0.3, -0.25) is 0 Å². The number of rotatable bonds is 2. The van der Waals surface area contributed by atoms with Crippen LogP contribution in [0.25, 0.3) is 0 Å². The van der Waals surface area contributed by atoms with Crippen molar-refractivity contribution in [2.75, 3.05) is 5.73 Å². The molecule has 1 fully saturated rings. The third-order valence-electron chi connectivity index (χ3n) is 3.52. The van der Waals surface area contributed by atoms with Crippen LogP contribution in [0.4, 0.5) is 5.82 Å². The minimum absolute atomic E-state index is 0.241. The van der Waals surface area contributed by atoms with Crippen molar-refractivity contribution in [1.29, 1.82) is 0 Å². The van der Waals surface area contributed by atoms with Gasteiger partial charge in [0.2, 0.25) is 0 Å². The van der Waals surface area contributed by atoms with Gasteiger partial charge in [-0.1, -0.05) is 13.8 Å². The lowest BCUT2D eigenvalue weighted by Crippen LogP contribution is -2.29. The predicted molar refractivity (Wildman–Crippen MR) is 63.0 cm³/mol. The molecular weight excluding hydrogens is 202 g/mol. The number of hydrogen-bond donors (Lipinski definition) is 1. The van der Waals surface area contributed by atoms with Gasteiger partial charge in [-0.25, -0.2) is 9.97 Å². The summed E-state index contributed by atoms with van der Waals surface area (Å²) in [7, 11) is 0. The molecule has 3 unspecified atom stereocenters. The summed E-state index contributed by atoms with van der Waals surface area (Å²) in [5.74, 6) is 2.36. The van der Waals surface area contributed by atoms with E-state index in [9.17, 15) is 0 Å². The maximum atomic E-state index is 5.81. The molecule has 0 amide bonds.